The van der Waals surface area contributed by atoms with Crippen molar-refractivity contribution in [2.45, 2.75) is 6.92 Å². The van der Waals surface area contributed by atoms with Crippen LogP contribution in [-0.4, -0.2) is 64.5 Å². The predicted molar refractivity (Wildman–Crippen MR) is 74.7 cm³/mol. The molecule has 1 aliphatic rings. The van der Waals surface area contributed by atoms with Crippen LogP contribution in [0.1, 0.15) is 15.9 Å². The van der Waals surface area contributed by atoms with Gasteiger partial charge in [-0.3, -0.25) is 14.7 Å². The Labute approximate surface area is 117 Å². The molecule has 108 valence electrons. The minimum atomic E-state index is 0.00430. The number of pyridine rings is 1. The molecule has 0 radical (unpaired) electrons. The van der Waals surface area contributed by atoms with Gasteiger partial charge in [0.2, 0.25) is 0 Å². The topological polar surface area (TPSA) is 95.1 Å². The van der Waals surface area contributed by atoms with Gasteiger partial charge in [-0.05, 0) is 18.6 Å². The first-order chi connectivity index (χ1) is 9.60. The van der Waals surface area contributed by atoms with Crippen molar-refractivity contribution in [1.29, 1.82) is 0 Å². The number of aryl methyl sites for hydroxylation is 1. The summed E-state index contributed by atoms with van der Waals surface area (Å²) in [6.45, 7) is 5.02. The van der Waals surface area contributed by atoms with E-state index in [0.29, 0.717) is 38.3 Å². The van der Waals surface area contributed by atoms with Gasteiger partial charge in [-0.15, -0.1) is 0 Å². The first-order valence-electron chi connectivity index (χ1n) is 6.50. The lowest BCUT2D eigenvalue weighted by Crippen LogP contribution is -2.50. The Hall–Kier alpha value is -2.15. The predicted octanol–water partition coefficient (Wildman–Crippen LogP) is -0.106. The van der Waals surface area contributed by atoms with Crippen LogP contribution in [0.25, 0.3) is 0 Å². The van der Waals surface area contributed by atoms with Crippen molar-refractivity contribution >= 4 is 11.7 Å². The summed E-state index contributed by atoms with van der Waals surface area (Å²) in [6, 6.07) is 1.85. The van der Waals surface area contributed by atoms with Crippen molar-refractivity contribution in [1.82, 2.24) is 14.8 Å². The number of amidine groups is 1. The largest absolute Gasteiger partial charge is 0.409 e. The average molecular weight is 277 g/mol. The highest BCUT2D eigenvalue weighted by Gasteiger charge is 2.22. The maximum absolute atomic E-state index is 12.3. The van der Waals surface area contributed by atoms with Gasteiger partial charge in [0.1, 0.15) is 0 Å². The number of aromatic nitrogens is 1. The smallest absolute Gasteiger partial charge is 0.255 e. The fourth-order valence-corrected chi connectivity index (χ4v) is 2.22. The number of carbonyl (C=O) groups excluding carboxylic acids is 1. The van der Waals surface area contributed by atoms with E-state index in [1.54, 1.807) is 17.3 Å². The summed E-state index contributed by atoms with van der Waals surface area (Å²) in [5, 5.41) is 11.5. The molecule has 1 aliphatic heterocycles. The fourth-order valence-electron chi connectivity index (χ4n) is 2.22. The highest BCUT2D eigenvalue weighted by Crippen LogP contribution is 2.09. The van der Waals surface area contributed by atoms with Crippen LogP contribution in [0.15, 0.2) is 23.6 Å². The van der Waals surface area contributed by atoms with E-state index >= 15 is 0 Å². The third-order valence-corrected chi connectivity index (χ3v) is 3.30. The maximum atomic E-state index is 12.3. The van der Waals surface area contributed by atoms with E-state index in [4.69, 9.17) is 10.9 Å². The van der Waals surface area contributed by atoms with Crippen LogP contribution in [0.2, 0.25) is 0 Å². The van der Waals surface area contributed by atoms with E-state index < -0.39 is 0 Å². The van der Waals surface area contributed by atoms with Crippen LogP contribution in [0.4, 0.5) is 0 Å². The summed E-state index contributed by atoms with van der Waals surface area (Å²) in [7, 11) is 0. The van der Waals surface area contributed by atoms with Crippen molar-refractivity contribution in [2.24, 2.45) is 10.9 Å². The van der Waals surface area contributed by atoms with Crippen molar-refractivity contribution < 1.29 is 10.0 Å². The summed E-state index contributed by atoms with van der Waals surface area (Å²) in [4.78, 5) is 20.2. The number of nitrogens with two attached hydrogens (primary N) is 1. The zero-order valence-corrected chi connectivity index (χ0v) is 11.5. The van der Waals surface area contributed by atoms with Crippen molar-refractivity contribution in [3.63, 3.8) is 0 Å². The Morgan fingerprint density at radius 2 is 2.10 bits per heavy atom. The van der Waals surface area contributed by atoms with Crippen molar-refractivity contribution in [2.75, 3.05) is 32.7 Å². The summed E-state index contributed by atoms with van der Waals surface area (Å²) in [5.74, 6) is 0.192. The standard InChI is InChI=1S/C13H19N5O2/c1-10-6-11(8-15-7-10)13(19)18-4-2-17(3-5-18)9-12(14)16-20/h6-8,20H,2-5,9H2,1H3,(H2,14,16). The van der Waals surface area contributed by atoms with E-state index in [-0.39, 0.29) is 11.7 Å². The number of oxime groups is 1. The lowest BCUT2D eigenvalue weighted by Gasteiger charge is -2.34. The van der Waals surface area contributed by atoms with E-state index in [1.165, 1.54) is 0 Å². The molecular formula is C13H19N5O2. The normalized spacial score (nSPS) is 17.2. The molecule has 3 N–H and O–H groups in total. The van der Waals surface area contributed by atoms with Gasteiger partial charge >= 0.3 is 0 Å². The van der Waals surface area contributed by atoms with Gasteiger partial charge in [0.25, 0.3) is 5.91 Å². The zero-order valence-electron chi connectivity index (χ0n) is 11.5. The summed E-state index contributed by atoms with van der Waals surface area (Å²) in [5.41, 5.74) is 7.07. The molecule has 0 aromatic carbocycles. The molecule has 0 unspecified atom stereocenters. The molecule has 1 aromatic rings. The molecule has 20 heavy (non-hydrogen) atoms. The summed E-state index contributed by atoms with van der Waals surface area (Å²) >= 11 is 0. The van der Waals surface area contributed by atoms with Gasteiger partial charge in [-0.2, -0.15) is 0 Å². The van der Waals surface area contributed by atoms with E-state index in [0.717, 1.165) is 5.56 Å². The zero-order chi connectivity index (χ0) is 14.5. The average Bonchev–Trinajstić information content (AvgIpc) is 2.47. The van der Waals surface area contributed by atoms with Gasteiger partial charge in [-0.25, -0.2) is 0 Å². The Bertz CT molecular complexity index is 509. The second-order valence-electron chi connectivity index (χ2n) is 4.91. The number of amides is 1. The highest BCUT2D eigenvalue weighted by atomic mass is 16.4. The maximum Gasteiger partial charge on any atom is 0.255 e. The molecular weight excluding hydrogens is 258 g/mol. The number of carbonyl (C=O) groups is 1. The number of piperazine rings is 1. The van der Waals surface area contributed by atoms with Gasteiger partial charge in [0.05, 0.1) is 12.1 Å². The molecule has 1 aromatic heterocycles. The number of hydrogen-bond donors (Lipinski definition) is 2. The second kappa shape index (κ2) is 6.33. The summed E-state index contributed by atoms with van der Waals surface area (Å²) in [6.07, 6.45) is 3.32. The number of nitrogens with zero attached hydrogens (tertiary/aromatic N) is 4. The van der Waals surface area contributed by atoms with E-state index in [1.807, 2.05) is 17.9 Å². The summed E-state index contributed by atoms with van der Waals surface area (Å²) < 4.78 is 0. The van der Waals surface area contributed by atoms with E-state index in [9.17, 15) is 4.79 Å². The molecule has 7 nitrogen and oxygen atoms in total. The molecule has 2 heterocycles. The van der Waals surface area contributed by atoms with Crippen LogP contribution in [-0.2, 0) is 0 Å². The van der Waals surface area contributed by atoms with Gasteiger partial charge in [0.15, 0.2) is 5.84 Å². The Morgan fingerprint density at radius 3 is 2.70 bits per heavy atom. The minimum absolute atomic E-state index is 0.00430. The highest BCUT2D eigenvalue weighted by molar-refractivity contribution is 5.94. The number of rotatable bonds is 3. The molecule has 1 saturated heterocycles. The van der Waals surface area contributed by atoms with Gasteiger partial charge in [-0.1, -0.05) is 5.16 Å². The molecule has 1 amide bonds. The molecule has 0 atom stereocenters. The lowest BCUT2D eigenvalue weighted by molar-refractivity contribution is 0.0652. The fraction of sp³-hybridized carbons (Fsp3) is 0.462. The van der Waals surface area contributed by atoms with Crippen LogP contribution in [0.3, 0.4) is 0 Å². The first-order valence-corrected chi connectivity index (χ1v) is 6.50. The molecule has 0 saturated carbocycles. The third-order valence-electron chi connectivity index (χ3n) is 3.30. The van der Waals surface area contributed by atoms with E-state index in [2.05, 4.69) is 10.1 Å². The third kappa shape index (κ3) is 3.45. The first kappa shape index (κ1) is 14.3. The quantitative estimate of drug-likeness (QED) is 0.348. The Balaban J connectivity index is 1.92. The molecule has 1 fully saturated rings. The molecule has 0 bridgehead atoms. The van der Waals surface area contributed by atoms with Gasteiger partial charge in [0, 0.05) is 38.6 Å². The van der Waals surface area contributed by atoms with Crippen LogP contribution < -0.4 is 5.73 Å². The van der Waals surface area contributed by atoms with Crippen LogP contribution in [0.5, 0.6) is 0 Å². The van der Waals surface area contributed by atoms with Crippen LogP contribution >= 0.6 is 0 Å². The molecule has 2 rings (SSSR count). The van der Waals surface area contributed by atoms with Crippen LogP contribution in [0, 0.1) is 6.92 Å². The number of hydrogen-bond acceptors (Lipinski definition) is 5. The molecule has 7 heteroatoms. The van der Waals surface area contributed by atoms with Crippen molar-refractivity contribution in [3.05, 3.63) is 29.6 Å². The Morgan fingerprint density at radius 1 is 1.40 bits per heavy atom. The molecule has 0 spiro atoms. The second-order valence-corrected chi connectivity index (χ2v) is 4.91. The minimum Gasteiger partial charge on any atom is -0.409 e. The van der Waals surface area contributed by atoms with Crippen molar-refractivity contribution in [3.8, 4) is 0 Å². The monoisotopic (exact) mass is 277 g/mol. The SMILES string of the molecule is Cc1cncc(C(=O)N2CCN(CC(N)=NO)CC2)c1. The molecule has 0 aliphatic carbocycles. The Kier molecular flexibility index (Phi) is 4.52. The van der Waals surface area contributed by atoms with Gasteiger partial charge < -0.3 is 15.8 Å². The lowest BCUT2D eigenvalue weighted by atomic mass is 10.2.